The average molecular weight is 539 g/mol. The molecule has 1 aromatic rings. The highest BCUT2D eigenvalue weighted by Gasteiger charge is 2.54. The molecule has 2 fully saturated rings. The SMILES string of the molecule is C[C@@]1(O)C[C@H]2[C@H](O[C@@H]3O[C@H](CO)[C@@H](O)[C@H](O)[C@H]3OC(=O)/C=C/c3ccc(O)c(O)c3)OC=C(C(=O)O)[C@H]2C1. The van der Waals surface area contributed by atoms with Crippen molar-refractivity contribution in [1.29, 1.82) is 0 Å². The topological polar surface area (TPSA) is 213 Å². The molecule has 208 valence electrons. The number of phenolic OH excluding ortho intramolecular Hbond substituents is 2. The van der Waals surface area contributed by atoms with Gasteiger partial charge in [-0.2, -0.15) is 0 Å². The normalized spacial score (nSPS) is 36.8. The van der Waals surface area contributed by atoms with Gasteiger partial charge in [-0.1, -0.05) is 6.07 Å². The molecule has 13 heteroatoms. The Balaban J connectivity index is 1.53. The Labute approximate surface area is 216 Å². The summed E-state index contributed by atoms with van der Waals surface area (Å²) in [7, 11) is 0. The van der Waals surface area contributed by atoms with Crippen LogP contribution in [-0.4, -0.2) is 96.9 Å². The zero-order valence-corrected chi connectivity index (χ0v) is 20.3. The molecule has 0 amide bonds. The largest absolute Gasteiger partial charge is 0.504 e. The molecular weight excluding hydrogens is 508 g/mol. The second kappa shape index (κ2) is 10.9. The van der Waals surface area contributed by atoms with Crippen LogP contribution in [0.1, 0.15) is 25.3 Å². The number of ether oxygens (including phenoxy) is 4. The number of benzene rings is 1. The maximum absolute atomic E-state index is 12.5. The molecule has 3 aliphatic rings. The standard InChI is InChI=1S/C25H30O13/c1-25(34)7-12-13(8-25)23(35-10-14(12)22(32)33)38-24-21(20(31)19(30)17(9-26)36-24)37-18(29)5-3-11-2-4-15(27)16(28)6-11/h2-6,10,12-13,17,19-21,23-24,26-28,30-31,34H,7-9H2,1H3,(H,32,33)/b5-3+/t12-,13+,17+,19+,20-,21+,23-,24-,25-/m0/s1. The lowest BCUT2D eigenvalue weighted by atomic mass is 9.87. The van der Waals surface area contributed by atoms with E-state index in [1.807, 2.05) is 0 Å². The molecule has 7 N–H and O–H groups in total. The molecule has 1 aliphatic carbocycles. The van der Waals surface area contributed by atoms with Crippen molar-refractivity contribution < 1.29 is 64.3 Å². The molecule has 1 aromatic carbocycles. The number of carbonyl (C=O) groups excluding carboxylic acids is 1. The van der Waals surface area contributed by atoms with Crippen LogP contribution in [0, 0.1) is 11.8 Å². The fourth-order valence-corrected chi connectivity index (χ4v) is 5.06. The van der Waals surface area contributed by atoms with E-state index in [4.69, 9.17) is 18.9 Å². The van der Waals surface area contributed by atoms with Crippen LogP contribution < -0.4 is 0 Å². The van der Waals surface area contributed by atoms with Crippen molar-refractivity contribution in [3.05, 3.63) is 41.7 Å². The molecule has 0 bridgehead atoms. The summed E-state index contributed by atoms with van der Waals surface area (Å²) in [5.41, 5.74) is -0.883. The highest BCUT2D eigenvalue weighted by atomic mass is 16.8. The number of carboxylic acid groups (broad SMARTS) is 1. The van der Waals surface area contributed by atoms with Gasteiger partial charge in [0.15, 0.2) is 17.6 Å². The van der Waals surface area contributed by atoms with Gasteiger partial charge in [-0.3, -0.25) is 0 Å². The van der Waals surface area contributed by atoms with E-state index in [9.17, 15) is 45.3 Å². The molecule has 4 rings (SSSR count). The summed E-state index contributed by atoms with van der Waals surface area (Å²) in [6.45, 7) is 0.865. The fourth-order valence-electron chi connectivity index (χ4n) is 5.06. The van der Waals surface area contributed by atoms with Gasteiger partial charge in [-0.15, -0.1) is 0 Å². The Morgan fingerprint density at radius 2 is 1.87 bits per heavy atom. The Bertz CT molecular complexity index is 1110. The highest BCUT2D eigenvalue weighted by molar-refractivity contribution is 5.87. The van der Waals surface area contributed by atoms with E-state index in [-0.39, 0.29) is 24.2 Å². The number of phenols is 2. The first kappa shape index (κ1) is 27.8. The zero-order valence-electron chi connectivity index (χ0n) is 20.3. The number of carboxylic acids is 1. The van der Waals surface area contributed by atoms with Crippen LogP contribution in [0.25, 0.3) is 6.08 Å². The molecule has 1 saturated heterocycles. The molecule has 9 atom stereocenters. The second-order valence-electron chi connectivity index (χ2n) is 9.88. The summed E-state index contributed by atoms with van der Waals surface area (Å²) in [5.74, 6) is -4.17. The number of aliphatic hydroxyl groups excluding tert-OH is 3. The van der Waals surface area contributed by atoms with Crippen molar-refractivity contribution in [1.82, 2.24) is 0 Å². The van der Waals surface area contributed by atoms with Gasteiger partial charge in [0.2, 0.25) is 12.6 Å². The number of hydrogen-bond donors (Lipinski definition) is 7. The number of carbonyl (C=O) groups is 2. The van der Waals surface area contributed by atoms with Gasteiger partial charge in [0.1, 0.15) is 18.3 Å². The summed E-state index contributed by atoms with van der Waals surface area (Å²) in [6.07, 6.45) is -5.44. The van der Waals surface area contributed by atoms with Crippen molar-refractivity contribution >= 4 is 18.0 Å². The van der Waals surface area contributed by atoms with Gasteiger partial charge in [-0.05, 0) is 43.5 Å². The number of hydrogen-bond acceptors (Lipinski definition) is 12. The van der Waals surface area contributed by atoms with E-state index >= 15 is 0 Å². The minimum absolute atomic E-state index is 0.0331. The first-order chi connectivity index (χ1) is 17.9. The van der Waals surface area contributed by atoms with Crippen LogP contribution >= 0.6 is 0 Å². The lowest BCUT2D eigenvalue weighted by Gasteiger charge is -2.43. The van der Waals surface area contributed by atoms with Gasteiger partial charge >= 0.3 is 11.9 Å². The predicted molar refractivity (Wildman–Crippen MR) is 125 cm³/mol. The van der Waals surface area contributed by atoms with E-state index in [0.29, 0.717) is 5.56 Å². The monoisotopic (exact) mass is 538 g/mol. The maximum Gasteiger partial charge on any atom is 0.334 e. The van der Waals surface area contributed by atoms with Crippen molar-refractivity contribution in [3.63, 3.8) is 0 Å². The lowest BCUT2D eigenvalue weighted by Crippen LogP contribution is -2.61. The third-order valence-corrected chi connectivity index (χ3v) is 6.93. The van der Waals surface area contributed by atoms with E-state index in [2.05, 4.69) is 0 Å². The average Bonchev–Trinajstić information content (AvgIpc) is 3.19. The smallest absolute Gasteiger partial charge is 0.334 e. The molecular formula is C25H30O13. The third-order valence-electron chi connectivity index (χ3n) is 6.93. The maximum atomic E-state index is 12.5. The van der Waals surface area contributed by atoms with E-state index in [0.717, 1.165) is 12.3 Å². The van der Waals surface area contributed by atoms with Gasteiger partial charge in [-0.25, -0.2) is 9.59 Å². The number of rotatable bonds is 7. The third kappa shape index (κ3) is 5.77. The summed E-state index contributed by atoms with van der Waals surface area (Å²) in [5, 5.41) is 69.7. The van der Waals surface area contributed by atoms with Crippen molar-refractivity contribution in [2.24, 2.45) is 11.8 Å². The van der Waals surface area contributed by atoms with Gasteiger partial charge in [0, 0.05) is 17.9 Å². The molecule has 2 aliphatic heterocycles. The Kier molecular flexibility index (Phi) is 7.97. The number of aliphatic carboxylic acids is 1. The highest BCUT2D eigenvalue weighted by Crippen LogP contribution is 2.48. The zero-order chi connectivity index (χ0) is 27.8. The van der Waals surface area contributed by atoms with Crippen LogP contribution in [0.5, 0.6) is 11.5 Å². The van der Waals surface area contributed by atoms with Crippen molar-refractivity contribution in [2.75, 3.05) is 6.61 Å². The molecule has 0 unspecified atom stereocenters. The Morgan fingerprint density at radius 3 is 2.53 bits per heavy atom. The van der Waals surface area contributed by atoms with Crippen LogP contribution in [-0.2, 0) is 28.5 Å². The lowest BCUT2D eigenvalue weighted by molar-refractivity contribution is -0.342. The molecule has 1 saturated carbocycles. The van der Waals surface area contributed by atoms with Crippen LogP contribution in [0.3, 0.4) is 0 Å². The van der Waals surface area contributed by atoms with Gasteiger partial charge in [0.05, 0.1) is 24.0 Å². The first-order valence-electron chi connectivity index (χ1n) is 11.9. The fraction of sp³-hybridized carbons (Fsp3) is 0.520. The molecule has 38 heavy (non-hydrogen) atoms. The van der Waals surface area contributed by atoms with Gasteiger partial charge < -0.3 is 54.7 Å². The summed E-state index contributed by atoms with van der Waals surface area (Å²) < 4.78 is 22.3. The quantitative estimate of drug-likeness (QED) is 0.134. The second-order valence-corrected chi connectivity index (χ2v) is 9.88. The molecule has 2 heterocycles. The van der Waals surface area contributed by atoms with Crippen LogP contribution in [0.4, 0.5) is 0 Å². The number of esters is 1. The van der Waals surface area contributed by atoms with E-state index in [1.54, 1.807) is 6.92 Å². The minimum atomic E-state index is -1.74. The van der Waals surface area contributed by atoms with E-state index in [1.165, 1.54) is 24.3 Å². The number of aliphatic hydroxyl groups is 4. The Morgan fingerprint density at radius 1 is 1.13 bits per heavy atom. The number of aromatic hydroxyl groups is 2. The molecule has 0 spiro atoms. The molecule has 13 nitrogen and oxygen atoms in total. The Hall–Kier alpha value is -3.20. The molecule has 0 aromatic heterocycles. The predicted octanol–water partition coefficient (Wildman–Crippen LogP) is -0.420. The van der Waals surface area contributed by atoms with Crippen LogP contribution in [0.2, 0.25) is 0 Å². The summed E-state index contributed by atoms with van der Waals surface area (Å²) in [6, 6.07) is 3.84. The van der Waals surface area contributed by atoms with Gasteiger partial charge in [0.25, 0.3) is 0 Å². The van der Waals surface area contributed by atoms with Crippen LogP contribution in [0.15, 0.2) is 36.1 Å². The minimum Gasteiger partial charge on any atom is -0.504 e. The van der Waals surface area contributed by atoms with E-state index < -0.39 is 78.7 Å². The van der Waals surface area contributed by atoms with Crippen molar-refractivity contribution in [2.45, 2.75) is 62.4 Å². The first-order valence-corrected chi connectivity index (χ1v) is 11.9. The molecule has 0 radical (unpaired) electrons. The summed E-state index contributed by atoms with van der Waals surface area (Å²) >= 11 is 0. The van der Waals surface area contributed by atoms with Crippen molar-refractivity contribution in [3.8, 4) is 11.5 Å². The number of fused-ring (bicyclic) bond motifs is 1. The summed E-state index contributed by atoms with van der Waals surface area (Å²) in [4.78, 5) is 24.2.